The van der Waals surface area contributed by atoms with Crippen LogP contribution >= 0.6 is 0 Å². The van der Waals surface area contributed by atoms with Gasteiger partial charge in [-0.25, -0.2) is 0 Å². The van der Waals surface area contributed by atoms with Gasteiger partial charge in [-0.3, -0.25) is 0 Å². The molecule has 2 heteroatoms. The highest BCUT2D eigenvalue weighted by molar-refractivity contribution is 6.19. The van der Waals surface area contributed by atoms with Gasteiger partial charge in [0.15, 0.2) is 0 Å². The molecule has 206 valence electrons. The van der Waals surface area contributed by atoms with Crippen molar-refractivity contribution in [1.29, 1.82) is 0 Å². The summed E-state index contributed by atoms with van der Waals surface area (Å²) >= 11 is 0. The van der Waals surface area contributed by atoms with Gasteiger partial charge in [-0.1, -0.05) is 115 Å². The number of nitrogens with zero attached hydrogens (tertiary/aromatic N) is 2. The molecule has 0 bridgehead atoms. The van der Waals surface area contributed by atoms with Crippen molar-refractivity contribution in [3.05, 3.63) is 170 Å². The van der Waals surface area contributed by atoms with E-state index in [1.54, 1.807) is 0 Å². The molecule has 0 aliphatic heterocycles. The second-order valence-electron chi connectivity index (χ2n) is 11.4. The maximum Gasteiger partial charge on any atom is 0.0623 e. The van der Waals surface area contributed by atoms with Gasteiger partial charge >= 0.3 is 0 Å². The average molecular weight is 562 g/mol. The Morgan fingerprint density at radius 3 is 1.39 bits per heavy atom. The fourth-order valence-corrected chi connectivity index (χ4v) is 6.85. The van der Waals surface area contributed by atoms with E-state index in [4.69, 9.17) is 1.37 Å². The zero-order chi connectivity index (χ0) is 29.9. The van der Waals surface area contributed by atoms with Crippen molar-refractivity contribution in [3.63, 3.8) is 0 Å². The van der Waals surface area contributed by atoms with Gasteiger partial charge in [-0.15, -0.1) is 0 Å². The molecular weight excluding hydrogens is 532 g/mol. The van der Waals surface area contributed by atoms with Crippen molar-refractivity contribution < 1.29 is 1.37 Å². The molecule has 44 heavy (non-hydrogen) atoms. The van der Waals surface area contributed by atoms with Crippen LogP contribution in [0.15, 0.2) is 170 Å². The van der Waals surface area contributed by atoms with Gasteiger partial charge in [0.25, 0.3) is 0 Å². The predicted molar refractivity (Wildman–Crippen MR) is 186 cm³/mol. The first-order valence-corrected chi connectivity index (χ1v) is 15.0. The van der Waals surface area contributed by atoms with Gasteiger partial charge in [-0.05, 0) is 76.9 Å². The Balaban J connectivity index is 1.40. The minimum Gasteiger partial charge on any atom is -0.309 e. The number of benzene rings is 7. The van der Waals surface area contributed by atoms with Crippen molar-refractivity contribution in [2.24, 2.45) is 0 Å². The maximum atomic E-state index is 8.05. The summed E-state index contributed by atoms with van der Waals surface area (Å²) in [6, 6.07) is 58.6. The minimum atomic E-state index is 0.512. The monoisotopic (exact) mass is 561 g/mol. The van der Waals surface area contributed by atoms with E-state index < -0.39 is 0 Å². The van der Waals surface area contributed by atoms with Crippen LogP contribution in [-0.4, -0.2) is 9.13 Å². The molecule has 0 unspecified atom stereocenters. The lowest BCUT2D eigenvalue weighted by Crippen LogP contribution is -1.97. The van der Waals surface area contributed by atoms with Crippen LogP contribution in [0.2, 0.25) is 0 Å². The van der Waals surface area contributed by atoms with E-state index in [0.29, 0.717) is 6.04 Å². The molecule has 0 aliphatic rings. The summed E-state index contributed by atoms with van der Waals surface area (Å²) in [4.78, 5) is 0. The van der Waals surface area contributed by atoms with Gasteiger partial charge in [0, 0.05) is 32.9 Å². The highest BCUT2D eigenvalue weighted by Crippen LogP contribution is 2.40. The van der Waals surface area contributed by atoms with Gasteiger partial charge in [0.1, 0.15) is 0 Å². The van der Waals surface area contributed by atoms with Crippen molar-refractivity contribution in [2.45, 2.75) is 0 Å². The quantitative estimate of drug-likeness (QED) is 0.202. The summed E-state index contributed by atoms with van der Waals surface area (Å²) in [5.41, 5.74) is 11.5. The van der Waals surface area contributed by atoms with Crippen LogP contribution in [-0.2, 0) is 0 Å². The maximum absolute atomic E-state index is 8.05. The molecule has 7 aromatic carbocycles. The Labute approximate surface area is 257 Å². The lowest BCUT2D eigenvalue weighted by Gasteiger charge is -2.14. The third-order valence-corrected chi connectivity index (χ3v) is 8.82. The van der Waals surface area contributed by atoms with E-state index in [0.717, 1.165) is 28.1 Å². The van der Waals surface area contributed by atoms with E-state index >= 15 is 0 Å². The summed E-state index contributed by atoms with van der Waals surface area (Å²) in [6.07, 6.45) is 0. The molecule has 0 saturated heterocycles. The third kappa shape index (κ3) is 3.82. The Bertz CT molecular complexity index is 2520. The first-order valence-electron chi connectivity index (χ1n) is 15.5. The topological polar surface area (TPSA) is 9.86 Å². The first-order chi connectivity index (χ1) is 22.2. The Morgan fingerprint density at radius 1 is 0.318 bits per heavy atom. The van der Waals surface area contributed by atoms with Crippen LogP contribution in [0.3, 0.4) is 0 Å². The molecule has 0 aliphatic carbocycles. The highest BCUT2D eigenvalue weighted by Gasteiger charge is 2.19. The summed E-state index contributed by atoms with van der Waals surface area (Å²) in [5, 5.41) is 4.97. The van der Waals surface area contributed by atoms with Crippen LogP contribution in [0.1, 0.15) is 1.37 Å². The van der Waals surface area contributed by atoms with Gasteiger partial charge in [0.05, 0.1) is 23.4 Å². The van der Waals surface area contributed by atoms with E-state index in [1.165, 1.54) is 49.2 Å². The van der Waals surface area contributed by atoms with Crippen molar-refractivity contribution in [1.82, 2.24) is 9.13 Å². The van der Waals surface area contributed by atoms with Crippen molar-refractivity contribution >= 4 is 43.6 Å². The summed E-state index contributed by atoms with van der Waals surface area (Å²) in [5.74, 6) is 0. The molecule has 2 nitrogen and oxygen atoms in total. The molecule has 9 aromatic rings. The van der Waals surface area contributed by atoms with Gasteiger partial charge in [0.2, 0.25) is 0 Å². The van der Waals surface area contributed by atoms with Crippen LogP contribution in [0.25, 0.3) is 77.2 Å². The molecule has 0 spiro atoms. The lowest BCUT2D eigenvalue weighted by molar-refractivity contribution is 1.16. The zero-order valence-electron chi connectivity index (χ0n) is 25.0. The second-order valence-corrected chi connectivity index (χ2v) is 11.4. The van der Waals surface area contributed by atoms with Crippen molar-refractivity contribution in [3.8, 4) is 33.6 Å². The molecule has 2 aromatic heterocycles. The van der Waals surface area contributed by atoms with Crippen LogP contribution in [0.5, 0.6) is 0 Å². The van der Waals surface area contributed by atoms with Crippen LogP contribution in [0, 0.1) is 0 Å². The fourth-order valence-electron chi connectivity index (χ4n) is 6.85. The number of fused-ring (bicyclic) bond motifs is 6. The van der Waals surface area contributed by atoms with Gasteiger partial charge in [-0.2, -0.15) is 0 Å². The number of para-hydroxylation sites is 3. The third-order valence-electron chi connectivity index (χ3n) is 8.82. The lowest BCUT2D eigenvalue weighted by atomic mass is 9.98. The molecule has 0 saturated carbocycles. The van der Waals surface area contributed by atoms with E-state index in [1.807, 2.05) is 24.3 Å². The molecule has 2 heterocycles. The summed E-state index contributed by atoms with van der Waals surface area (Å²) < 4.78 is 12.9. The predicted octanol–water partition coefficient (Wildman–Crippen LogP) is 11.2. The molecule has 9 rings (SSSR count). The molecule has 0 fully saturated rings. The summed E-state index contributed by atoms with van der Waals surface area (Å²) in [6.45, 7) is 0. The standard InChI is InChI=1S/C42H28N2/c1-4-14-29(15-5-1)31-24-32(30-16-6-2-7-17-30)26-34(25-31)44-40-23-13-11-21-36(40)38-27-37-35-20-10-12-22-39(35)43(41(37)28-42(38)44)33-18-8-3-9-19-33/h1-28H/i1D. The van der Waals surface area contributed by atoms with E-state index in [-0.39, 0.29) is 0 Å². The first kappa shape index (κ1) is 23.7. The number of hydrogen-bond donors (Lipinski definition) is 0. The smallest absolute Gasteiger partial charge is 0.0623 e. The molecule has 0 atom stereocenters. The minimum absolute atomic E-state index is 0.512. The normalized spacial score (nSPS) is 12.0. The molecular formula is C42H28N2. The average Bonchev–Trinajstić information content (AvgIpc) is 3.60. The Kier molecular flexibility index (Phi) is 5.31. The number of aromatic nitrogens is 2. The summed E-state index contributed by atoms with van der Waals surface area (Å²) in [7, 11) is 0. The number of hydrogen-bond acceptors (Lipinski definition) is 0. The van der Waals surface area contributed by atoms with E-state index in [9.17, 15) is 0 Å². The van der Waals surface area contributed by atoms with Crippen LogP contribution in [0.4, 0.5) is 0 Å². The molecule has 0 amide bonds. The van der Waals surface area contributed by atoms with E-state index in [2.05, 4.69) is 149 Å². The number of rotatable bonds is 4. The Morgan fingerprint density at radius 2 is 0.795 bits per heavy atom. The largest absolute Gasteiger partial charge is 0.309 e. The van der Waals surface area contributed by atoms with Gasteiger partial charge < -0.3 is 9.13 Å². The molecule has 0 radical (unpaired) electrons. The zero-order valence-corrected chi connectivity index (χ0v) is 24.0. The fraction of sp³-hybridized carbons (Fsp3) is 0. The van der Waals surface area contributed by atoms with Crippen molar-refractivity contribution in [2.75, 3.05) is 0 Å². The second kappa shape index (κ2) is 9.86. The highest BCUT2D eigenvalue weighted by atomic mass is 15.0. The SMILES string of the molecule is [2H]c1ccc(-c2cc(-c3ccccc3)cc(-n3c4ccccc4c4cc5c6ccccc6n(-c6ccccc6)c5cc43)c2)cc1. The Hall–Kier alpha value is -5.86. The molecule has 0 N–H and O–H groups in total. The van der Waals surface area contributed by atoms with Crippen LogP contribution < -0.4 is 0 Å².